The molecule has 1 fully saturated rings. The maximum absolute atomic E-state index is 9.80. The third kappa shape index (κ3) is 4.64. The number of hydrogen-bond donors (Lipinski definition) is 2. The summed E-state index contributed by atoms with van der Waals surface area (Å²) in [7, 11) is 0. The van der Waals surface area contributed by atoms with Crippen molar-refractivity contribution in [2.75, 3.05) is 19.3 Å². The van der Waals surface area contributed by atoms with Gasteiger partial charge >= 0.3 is 0 Å². The fraction of sp³-hybridized carbons (Fsp3) is 1.00. The zero-order valence-corrected chi connectivity index (χ0v) is 11.9. The summed E-state index contributed by atoms with van der Waals surface area (Å²) in [5.41, 5.74) is 0.369. The Kier molecular flexibility index (Phi) is 5.62. The van der Waals surface area contributed by atoms with E-state index in [2.05, 4.69) is 32.3 Å². The second kappa shape index (κ2) is 6.27. The van der Waals surface area contributed by atoms with E-state index in [1.807, 2.05) is 11.8 Å². The van der Waals surface area contributed by atoms with Crippen LogP contribution in [0.25, 0.3) is 0 Å². The molecular weight excluding hydrogens is 218 g/mol. The maximum atomic E-state index is 9.80. The quantitative estimate of drug-likeness (QED) is 0.730. The van der Waals surface area contributed by atoms with Crippen LogP contribution in [-0.4, -0.2) is 35.8 Å². The van der Waals surface area contributed by atoms with Crippen molar-refractivity contribution in [3.63, 3.8) is 0 Å². The van der Waals surface area contributed by atoms with Crippen LogP contribution in [0, 0.1) is 11.3 Å². The molecule has 0 aromatic carbocycles. The molecular formula is C13H27NOS. The molecule has 0 aromatic rings. The van der Waals surface area contributed by atoms with E-state index in [0.29, 0.717) is 16.6 Å². The smallest absolute Gasteiger partial charge is 0.0661 e. The molecule has 96 valence electrons. The van der Waals surface area contributed by atoms with Gasteiger partial charge in [-0.3, -0.25) is 0 Å². The van der Waals surface area contributed by atoms with Crippen molar-refractivity contribution in [2.24, 2.45) is 11.3 Å². The summed E-state index contributed by atoms with van der Waals surface area (Å²) in [5, 5.41) is 13.8. The lowest BCUT2D eigenvalue weighted by Gasteiger charge is -2.22. The van der Waals surface area contributed by atoms with Crippen molar-refractivity contribution in [1.29, 1.82) is 0 Å². The predicted molar refractivity (Wildman–Crippen MR) is 73.0 cm³/mol. The number of nitrogens with one attached hydrogen (secondary N) is 1. The monoisotopic (exact) mass is 245 g/mol. The molecule has 16 heavy (non-hydrogen) atoms. The minimum Gasteiger partial charge on any atom is -0.392 e. The zero-order chi connectivity index (χ0) is 12.2. The number of thioether (sulfide) groups is 1. The second-order valence-corrected chi connectivity index (χ2v) is 7.15. The second-order valence-electron chi connectivity index (χ2n) is 6.13. The molecule has 1 rings (SSSR count). The fourth-order valence-electron chi connectivity index (χ4n) is 2.44. The van der Waals surface area contributed by atoms with E-state index < -0.39 is 0 Å². The summed E-state index contributed by atoms with van der Waals surface area (Å²) in [6, 6.07) is 0. The van der Waals surface area contributed by atoms with Gasteiger partial charge in [-0.2, -0.15) is 11.8 Å². The lowest BCUT2D eigenvalue weighted by Crippen LogP contribution is -2.30. The van der Waals surface area contributed by atoms with E-state index in [1.54, 1.807) is 0 Å². The third-order valence-corrected chi connectivity index (χ3v) is 4.54. The molecule has 0 saturated heterocycles. The number of rotatable bonds is 5. The van der Waals surface area contributed by atoms with Crippen molar-refractivity contribution in [1.82, 2.24) is 5.32 Å². The highest BCUT2D eigenvalue weighted by Gasteiger charge is 2.33. The Morgan fingerprint density at radius 2 is 2.00 bits per heavy atom. The first-order valence-electron chi connectivity index (χ1n) is 6.35. The van der Waals surface area contributed by atoms with Crippen molar-refractivity contribution < 1.29 is 5.11 Å². The van der Waals surface area contributed by atoms with Crippen LogP contribution in [0.4, 0.5) is 0 Å². The Hall–Kier alpha value is 0.270. The van der Waals surface area contributed by atoms with Crippen LogP contribution in [0.5, 0.6) is 0 Å². The normalized spacial score (nSPS) is 30.9. The largest absolute Gasteiger partial charge is 0.392 e. The molecule has 0 bridgehead atoms. The van der Waals surface area contributed by atoms with Crippen molar-refractivity contribution in [3.8, 4) is 0 Å². The highest BCUT2D eigenvalue weighted by atomic mass is 32.2. The van der Waals surface area contributed by atoms with Gasteiger partial charge in [-0.05, 0) is 49.9 Å². The van der Waals surface area contributed by atoms with Crippen LogP contribution in [-0.2, 0) is 0 Å². The van der Waals surface area contributed by atoms with E-state index in [1.165, 1.54) is 12.8 Å². The van der Waals surface area contributed by atoms with Crippen LogP contribution >= 0.6 is 11.8 Å². The van der Waals surface area contributed by atoms with Gasteiger partial charge in [0.05, 0.1) is 6.10 Å². The average molecular weight is 245 g/mol. The first-order chi connectivity index (χ1) is 7.44. The number of aliphatic hydroxyl groups is 1. The predicted octanol–water partition coefficient (Wildman–Crippen LogP) is 2.51. The average Bonchev–Trinajstić information content (AvgIpc) is 2.52. The van der Waals surface area contributed by atoms with Gasteiger partial charge in [-0.15, -0.1) is 0 Å². The van der Waals surface area contributed by atoms with Crippen molar-refractivity contribution in [2.45, 2.75) is 51.4 Å². The Bertz CT molecular complexity index is 203. The Balaban J connectivity index is 2.18. The summed E-state index contributed by atoms with van der Waals surface area (Å²) in [6.45, 7) is 8.93. The van der Waals surface area contributed by atoms with Crippen molar-refractivity contribution in [3.05, 3.63) is 0 Å². The number of hydrogen-bond acceptors (Lipinski definition) is 3. The summed E-state index contributed by atoms with van der Waals surface area (Å²) >= 11 is 1.83. The molecule has 2 N–H and O–H groups in total. The van der Waals surface area contributed by atoms with Crippen LogP contribution in [0.3, 0.4) is 0 Å². The van der Waals surface area contributed by atoms with Crippen LogP contribution < -0.4 is 5.32 Å². The zero-order valence-electron chi connectivity index (χ0n) is 11.1. The topological polar surface area (TPSA) is 32.3 Å². The van der Waals surface area contributed by atoms with Crippen LogP contribution in [0.15, 0.2) is 0 Å². The van der Waals surface area contributed by atoms with Gasteiger partial charge in [0.15, 0.2) is 0 Å². The third-order valence-electron chi connectivity index (χ3n) is 3.30. The standard InChI is InChI=1S/C13H27NOS/c1-13(2,3)9-14-8-7-10-5-6-11(15)12(10)16-4/h10-12,14-15H,5-9H2,1-4H3/t10-,11-,12-/m0/s1. The molecule has 0 heterocycles. The Morgan fingerprint density at radius 3 is 2.56 bits per heavy atom. The molecule has 0 aliphatic heterocycles. The fourth-order valence-corrected chi connectivity index (χ4v) is 3.54. The van der Waals surface area contributed by atoms with Gasteiger partial charge in [-0.1, -0.05) is 20.8 Å². The molecule has 3 heteroatoms. The Morgan fingerprint density at radius 1 is 1.31 bits per heavy atom. The lowest BCUT2D eigenvalue weighted by molar-refractivity contribution is 0.182. The molecule has 0 unspecified atom stereocenters. The Labute approximate surface area is 105 Å². The first kappa shape index (κ1) is 14.3. The van der Waals surface area contributed by atoms with Gasteiger partial charge in [0.1, 0.15) is 0 Å². The molecule has 0 aromatic heterocycles. The molecule has 0 spiro atoms. The minimum absolute atomic E-state index is 0.0670. The molecule has 0 amide bonds. The first-order valence-corrected chi connectivity index (χ1v) is 7.64. The lowest BCUT2D eigenvalue weighted by atomic mass is 9.96. The summed E-state index contributed by atoms with van der Waals surface area (Å²) < 4.78 is 0. The van der Waals surface area contributed by atoms with E-state index in [4.69, 9.17) is 0 Å². The maximum Gasteiger partial charge on any atom is 0.0661 e. The van der Waals surface area contributed by atoms with Gasteiger partial charge in [0.25, 0.3) is 0 Å². The summed E-state index contributed by atoms with van der Waals surface area (Å²) in [5.74, 6) is 0.706. The van der Waals surface area contributed by atoms with Crippen LogP contribution in [0.2, 0.25) is 0 Å². The number of aliphatic hydroxyl groups excluding tert-OH is 1. The highest BCUT2D eigenvalue weighted by Crippen LogP contribution is 2.35. The molecule has 0 radical (unpaired) electrons. The van der Waals surface area contributed by atoms with Crippen molar-refractivity contribution >= 4 is 11.8 Å². The SMILES string of the molecule is CS[C@H]1[C@H](CCNCC(C)(C)C)CC[C@@H]1O. The van der Waals surface area contributed by atoms with Gasteiger partial charge < -0.3 is 10.4 Å². The van der Waals surface area contributed by atoms with E-state index in [9.17, 15) is 5.11 Å². The van der Waals surface area contributed by atoms with Gasteiger partial charge in [-0.25, -0.2) is 0 Å². The van der Waals surface area contributed by atoms with E-state index >= 15 is 0 Å². The summed E-state index contributed by atoms with van der Waals surface area (Å²) in [6.07, 6.45) is 5.45. The molecule has 2 nitrogen and oxygen atoms in total. The molecule has 1 aliphatic carbocycles. The van der Waals surface area contributed by atoms with E-state index in [-0.39, 0.29) is 6.10 Å². The van der Waals surface area contributed by atoms with Crippen LogP contribution in [0.1, 0.15) is 40.0 Å². The molecule has 1 aliphatic rings. The molecule has 3 atom stereocenters. The summed E-state index contributed by atoms with van der Waals surface area (Å²) in [4.78, 5) is 0. The molecule has 1 saturated carbocycles. The highest BCUT2D eigenvalue weighted by molar-refractivity contribution is 7.99. The van der Waals surface area contributed by atoms with Gasteiger partial charge in [0, 0.05) is 5.25 Å². The van der Waals surface area contributed by atoms with Gasteiger partial charge in [0.2, 0.25) is 0 Å². The van der Waals surface area contributed by atoms with E-state index in [0.717, 1.165) is 19.5 Å². The minimum atomic E-state index is -0.0670.